The van der Waals surface area contributed by atoms with Crippen molar-refractivity contribution >= 4 is 5.91 Å². The first-order chi connectivity index (χ1) is 28.1. The normalized spacial score (nSPS) is 13.8. The smallest absolute Gasteiger partial charge is 0.249 e. The Morgan fingerprint density at radius 2 is 0.719 bits per heavy atom. The summed E-state index contributed by atoms with van der Waals surface area (Å²) in [5.74, 6) is -0.517. The maximum Gasteiger partial charge on any atom is 0.249 e. The Bertz CT molecular complexity index is 927. The second-order valence-corrected chi connectivity index (χ2v) is 17.0. The molecule has 0 aromatic heterocycles. The zero-order valence-electron chi connectivity index (χ0n) is 38.0. The van der Waals surface area contributed by atoms with Gasteiger partial charge in [0.25, 0.3) is 0 Å². The first kappa shape index (κ1) is 55.3. The molecule has 0 aliphatic carbocycles. The van der Waals surface area contributed by atoms with Crippen LogP contribution in [0.15, 0.2) is 48.6 Å². The third-order valence-electron chi connectivity index (χ3n) is 11.4. The number of unbranched alkanes of at least 4 members (excludes halogenated alkanes) is 31. The Hall–Kier alpha value is -1.69. The molecule has 0 aromatic carbocycles. The molecule has 4 N–H and O–H groups in total. The number of hydrogen-bond acceptors (Lipinski definition) is 4. The van der Waals surface area contributed by atoms with Gasteiger partial charge in [-0.1, -0.05) is 229 Å². The van der Waals surface area contributed by atoms with Crippen LogP contribution in [-0.4, -0.2) is 46.1 Å². The standard InChI is InChI=1S/C52H97NO4/c1-3-5-7-9-11-13-15-17-19-21-22-23-24-25-26-27-28-29-30-31-33-35-37-39-41-43-45-47-51(56)52(57)53-49(48-54)50(55)46-44-42-40-38-36-34-32-20-18-16-14-12-10-8-6-4-2/h18,20,25-26,36,38,44,46,49-51,54-56H,3-17,19,21-24,27-35,37,39-43,45,47-48H2,1-2H3,(H,53,57)/b20-18+,26-25-,38-36+,46-44+. The summed E-state index contributed by atoms with van der Waals surface area (Å²) in [5.41, 5.74) is 0. The van der Waals surface area contributed by atoms with E-state index in [1.807, 2.05) is 6.08 Å². The zero-order valence-corrected chi connectivity index (χ0v) is 38.0. The molecule has 57 heavy (non-hydrogen) atoms. The molecule has 3 atom stereocenters. The Labute approximate surface area is 355 Å². The Morgan fingerprint density at radius 1 is 0.421 bits per heavy atom. The quantitative estimate of drug-likeness (QED) is 0.0365. The molecular weight excluding hydrogens is 703 g/mol. The van der Waals surface area contributed by atoms with E-state index in [9.17, 15) is 20.1 Å². The van der Waals surface area contributed by atoms with E-state index in [-0.39, 0.29) is 6.61 Å². The fourth-order valence-electron chi connectivity index (χ4n) is 7.45. The summed E-state index contributed by atoms with van der Waals surface area (Å²) in [5, 5.41) is 33.2. The van der Waals surface area contributed by atoms with Gasteiger partial charge in [-0.05, 0) is 70.6 Å². The highest BCUT2D eigenvalue weighted by molar-refractivity contribution is 5.80. The zero-order chi connectivity index (χ0) is 41.5. The predicted molar refractivity (Wildman–Crippen MR) is 250 cm³/mol. The average Bonchev–Trinajstić information content (AvgIpc) is 3.22. The minimum Gasteiger partial charge on any atom is -0.394 e. The van der Waals surface area contributed by atoms with Crippen LogP contribution in [0.5, 0.6) is 0 Å². The van der Waals surface area contributed by atoms with Crippen LogP contribution in [0.1, 0.15) is 251 Å². The van der Waals surface area contributed by atoms with Gasteiger partial charge in [-0.25, -0.2) is 0 Å². The van der Waals surface area contributed by atoms with Crippen molar-refractivity contribution in [3.05, 3.63) is 48.6 Å². The van der Waals surface area contributed by atoms with E-state index in [0.29, 0.717) is 6.42 Å². The first-order valence-electron chi connectivity index (χ1n) is 25.0. The Balaban J connectivity index is 3.64. The number of hydrogen-bond donors (Lipinski definition) is 4. The molecule has 0 radical (unpaired) electrons. The number of aliphatic hydroxyl groups is 3. The van der Waals surface area contributed by atoms with Crippen molar-refractivity contribution in [3.8, 4) is 0 Å². The van der Waals surface area contributed by atoms with Crippen LogP contribution >= 0.6 is 0 Å². The minimum absolute atomic E-state index is 0.382. The molecule has 0 spiro atoms. The molecule has 3 unspecified atom stereocenters. The molecular formula is C52H97NO4. The number of rotatable bonds is 45. The molecule has 0 aromatic rings. The fourth-order valence-corrected chi connectivity index (χ4v) is 7.45. The second kappa shape index (κ2) is 47.0. The SMILES string of the molecule is CCCCCCCC/C=C/CC/C=C/CC/C=C/C(O)C(CO)NC(=O)C(O)CCCCCCCCCCCCC/C=C\CCCCCCCCCCCCCC. The van der Waals surface area contributed by atoms with E-state index in [1.54, 1.807) is 6.08 Å². The van der Waals surface area contributed by atoms with Crippen LogP contribution in [0.3, 0.4) is 0 Å². The lowest BCUT2D eigenvalue weighted by Crippen LogP contribution is -2.48. The van der Waals surface area contributed by atoms with Crippen LogP contribution in [0, 0.1) is 0 Å². The van der Waals surface area contributed by atoms with E-state index in [2.05, 4.69) is 55.6 Å². The molecule has 1 amide bonds. The van der Waals surface area contributed by atoms with E-state index < -0.39 is 24.2 Å². The lowest BCUT2D eigenvalue weighted by atomic mass is 10.0. The molecule has 334 valence electrons. The second-order valence-electron chi connectivity index (χ2n) is 17.0. The molecule has 0 saturated heterocycles. The third kappa shape index (κ3) is 42.2. The molecule has 0 fully saturated rings. The summed E-state index contributed by atoms with van der Waals surface area (Å²) in [6, 6.07) is -0.822. The van der Waals surface area contributed by atoms with E-state index in [4.69, 9.17) is 0 Å². The van der Waals surface area contributed by atoms with Crippen molar-refractivity contribution in [2.45, 2.75) is 270 Å². The molecule has 0 saturated carbocycles. The fraction of sp³-hybridized carbons (Fsp3) is 0.827. The van der Waals surface area contributed by atoms with Gasteiger partial charge in [0.2, 0.25) is 5.91 Å². The van der Waals surface area contributed by atoms with Gasteiger partial charge in [-0.3, -0.25) is 4.79 Å². The monoisotopic (exact) mass is 800 g/mol. The van der Waals surface area contributed by atoms with E-state index in [0.717, 1.165) is 44.9 Å². The van der Waals surface area contributed by atoms with Crippen molar-refractivity contribution < 1.29 is 20.1 Å². The van der Waals surface area contributed by atoms with E-state index >= 15 is 0 Å². The molecule has 0 bridgehead atoms. The number of nitrogens with one attached hydrogen (secondary N) is 1. The largest absolute Gasteiger partial charge is 0.394 e. The lowest BCUT2D eigenvalue weighted by Gasteiger charge is -2.21. The number of carbonyl (C=O) groups excluding carboxylic acids is 1. The van der Waals surface area contributed by atoms with Crippen molar-refractivity contribution in [3.63, 3.8) is 0 Å². The third-order valence-corrected chi connectivity index (χ3v) is 11.4. The number of aliphatic hydroxyl groups excluding tert-OH is 3. The highest BCUT2D eigenvalue weighted by atomic mass is 16.3. The Morgan fingerprint density at radius 3 is 1.07 bits per heavy atom. The van der Waals surface area contributed by atoms with Crippen LogP contribution in [0.4, 0.5) is 0 Å². The summed E-state index contributed by atoms with van der Waals surface area (Å²) in [6.07, 6.45) is 61.7. The van der Waals surface area contributed by atoms with Crippen molar-refractivity contribution in [2.75, 3.05) is 6.61 Å². The maximum atomic E-state index is 12.5. The van der Waals surface area contributed by atoms with Gasteiger partial charge >= 0.3 is 0 Å². The van der Waals surface area contributed by atoms with Gasteiger partial charge < -0.3 is 20.6 Å². The van der Waals surface area contributed by atoms with Crippen LogP contribution in [-0.2, 0) is 4.79 Å². The van der Waals surface area contributed by atoms with Crippen LogP contribution in [0.2, 0.25) is 0 Å². The summed E-state index contributed by atoms with van der Waals surface area (Å²) in [7, 11) is 0. The predicted octanol–water partition coefficient (Wildman–Crippen LogP) is 14.9. The van der Waals surface area contributed by atoms with Crippen molar-refractivity contribution in [2.24, 2.45) is 0 Å². The lowest BCUT2D eigenvalue weighted by molar-refractivity contribution is -0.131. The Kier molecular flexibility index (Phi) is 45.6. The van der Waals surface area contributed by atoms with Gasteiger partial charge in [0, 0.05) is 0 Å². The molecule has 0 aliphatic rings. The average molecular weight is 800 g/mol. The van der Waals surface area contributed by atoms with Gasteiger partial charge in [0.15, 0.2) is 0 Å². The molecule has 0 aliphatic heterocycles. The summed E-state index contributed by atoms with van der Waals surface area (Å²) in [6.45, 7) is 4.17. The van der Waals surface area contributed by atoms with Gasteiger partial charge in [0.1, 0.15) is 6.10 Å². The van der Waals surface area contributed by atoms with E-state index in [1.165, 1.54) is 186 Å². The van der Waals surface area contributed by atoms with Gasteiger partial charge in [-0.2, -0.15) is 0 Å². The van der Waals surface area contributed by atoms with Crippen molar-refractivity contribution in [1.29, 1.82) is 0 Å². The number of amides is 1. The maximum absolute atomic E-state index is 12.5. The molecule has 0 heterocycles. The molecule has 5 nitrogen and oxygen atoms in total. The first-order valence-corrected chi connectivity index (χ1v) is 25.0. The van der Waals surface area contributed by atoms with Gasteiger partial charge in [-0.15, -0.1) is 0 Å². The minimum atomic E-state index is -1.11. The van der Waals surface area contributed by atoms with Gasteiger partial charge in [0.05, 0.1) is 18.8 Å². The van der Waals surface area contributed by atoms with Crippen molar-refractivity contribution in [1.82, 2.24) is 5.32 Å². The number of carbonyl (C=O) groups is 1. The van der Waals surface area contributed by atoms with Crippen LogP contribution in [0.25, 0.3) is 0 Å². The number of allylic oxidation sites excluding steroid dienone is 7. The summed E-state index contributed by atoms with van der Waals surface area (Å²) < 4.78 is 0. The summed E-state index contributed by atoms with van der Waals surface area (Å²) in [4.78, 5) is 12.5. The highest BCUT2D eigenvalue weighted by Gasteiger charge is 2.22. The highest BCUT2D eigenvalue weighted by Crippen LogP contribution is 2.15. The summed E-state index contributed by atoms with van der Waals surface area (Å²) >= 11 is 0. The molecule has 5 heteroatoms. The topological polar surface area (TPSA) is 89.8 Å². The molecule has 0 rings (SSSR count). The van der Waals surface area contributed by atoms with Crippen LogP contribution < -0.4 is 5.32 Å².